The van der Waals surface area contributed by atoms with Gasteiger partial charge in [0.05, 0.1) is 30.1 Å². The third kappa shape index (κ3) is 4.22. The molecule has 3 amide bonds. The molecule has 0 aromatic heterocycles. The molecule has 1 N–H and O–H groups in total. The van der Waals surface area contributed by atoms with Crippen molar-refractivity contribution in [3.63, 3.8) is 0 Å². The average molecular weight is 550 g/mol. The van der Waals surface area contributed by atoms with E-state index in [1.54, 1.807) is 14.7 Å². The zero-order chi connectivity index (χ0) is 28.8. The molecule has 1 spiro atoms. The van der Waals surface area contributed by atoms with Crippen LogP contribution in [0.3, 0.4) is 0 Å². The summed E-state index contributed by atoms with van der Waals surface area (Å²) < 4.78 is 7.04. The first-order valence-corrected chi connectivity index (χ1v) is 14.8. The van der Waals surface area contributed by atoms with Gasteiger partial charge in [-0.1, -0.05) is 81.8 Å². The number of ether oxygens (including phenoxy) is 1. The van der Waals surface area contributed by atoms with Crippen LogP contribution >= 0.6 is 0 Å². The van der Waals surface area contributed by atoms with Crippen LogP contribution in [0.1, 0.15) is 53.0 Å². The zero-order valence-corrected chi connectivity index (χ0v) is 24.3. The maximum Gasteiger partial charge on any atom is 0.249 e. The Balaban J connectivity index is 1.66. The normalized spacial score (nSPS) is 33.1. The van der Waals surface area contributed by atoms with Gasteiger partial charge in [0.15, 0.2) is 0 Å². The van der Waals surface area contributed by atoms with Crippen molar-refractivity contribution in [2.24, 2.45) is 17.8 Å². The Bertz CT molecular complexity index is 1200. The molecule has 4 heterocycles. The van der Waals surface area contributed by atoms with Gasteiger partial charge in [0, 0.05) is 25.7 Å². The summed E-state index contributed by atoms with van der Waals surface area (Å²) in [5.74, 6) is -2.33. The average Bonchev–Trinajstić information content (AvgIpc) is 3.24. The summed E-state index contributed by atoms with van der Waals surface area (Å²) in [6, 6.07) is 8.22. The summed E-state index contributed by atoms with van der Waals surface area (Å²) in [7, 11) is 0. The first-order valence-electron chi connectivity index (χ1n) is 14.8. The fourth-order valence-corrected chi connectivity index (χ4v) is 7.35. The minimum Gasteiger partial charge on any atom is -0.394 e. The second kappa shape index (κ2) is 10.8. The molecule has 8 heteroatoms. The molecule has 40 heavy (non-hydrogen) atoms. The molecule has 1 unspecified atom stereocenters. The van der Waals surface area contributed by atoms with Gasteiger partial charge < -0.3 is 24.5 Å². The van der Waals surface area contributed by atoms with Crippen LogP contribution in [0.2, 0.25) is 0 Å². The molecule has 0 saturated carbocycles. The second-order valence-electron chi connectivity index (χ2n) is 12.1. The summed E-state index contributed by atoms with van der Waals surface area (Å²) in [6.45, 7) is 10.9. The molecule has 8 nitrogen and oxygen atoms in total. The van der Waals surface area contributed by atoms with Crippen LogP contribution in [0.15, 0.2) is 54.6 Å². The van der Waals surface area contributed by atoms with Gasteiger partial charge in [-0.05, 0) is 31.7 Å². The highest BCUT2D eigenvalue weighted by atomic mass is 16.5. The van der Waals surface area contributed by atoms with Gasteiger partial charge >= 0.3 is 0 Å². The minimum atomic E-state index is -1.31. The highest BCUT2D eigenvalue weighted by Crippen LogP contribution is 2.59. The van der Waals surface area contributed by atoms with E-state index in [0.717, 1.165) is 12.0 Å². The highest BCUT2D eigenvalue weighted by molar-refractivity contribution is 6.00. The Labute approximate surface area is 237 Å². The number of hydrogen-bond donors (Lipinski definition) is 1. The first kappa shape index (κ1) is 28.6. The van der Waals surface area contributed by atoms with E-state index >= 15 is 0 Å². The van der Waals surface area contributed by atoms with Crippen LogP contribution in [0.5, 0.6) is 0 Å². The lowest BCUT2D eigenvalue weighted by molar-refractivity contribution is -0.159. The number of aliphatic hydroxyl groups is 1. The zero-order valence-electron chi connectivity index (χ0n) is 24.3. The number of carbonyl (C=O) groups excluding carboxylic acids is 3. The number of benzene rings is 1. The molecule has 2 fully saturated rings. The molecule has 2 saturated heterocycles. The number of amides is 3. The Morgan fingerprint density at radius 1 is 0.950 bits per heavy atom. The largest absolute Gasteiger partial charge is 0.394 e. The van der Waals surface area contributed by atoms with E-state index in [1.807, 2.05) is 89.3 Å². The molecular weight excluding hydrogens is 506 g/mol. The van der Waals surface area contributed by atoms with E-state index in [1.165, 1.54) is 0 Å². The fourth-order valence-electron chi connectivity index (χ4n) is 7.35. The number of carbonyl (C=O) groups is 3. The SMILES string of the molecule is CC[C@H](C)[C@H](CO)N1C(=O)[C@@H]2[C@H]3C(=O)N(Cc4ccccc4)CC=C[C@@]3(CC)O[C@@]23C=CCN(C(C)C)C(=O)C13. The van der Waals surface area contributed by atoms with Gasteiger partial charge in [-0.2, -0.15) is 0 Å². The molecular formula is C32H43N3O5. The van der Waals surface area contributed by atoms with E-state index in [2.05, 4.69) is 0 Å². The van der Waals surface area contributed by atoms with Crippen LogP contribution < -0.4 is 0 Å². The lowest BCUT2D eigenvalue weighted by atomic mass is 9.73. The number of fused-ring (bicyclic) bond motifs is 2. The summed E-state index contributed by atoms with van der Waals surface area (Å²) in [5.41, 5.74) is -1.32. The van der Waals surface area contributed by atoms with Gasteiger partial charge in [-0.25, -0.2) is 0 Å². The third-order valence-electron chi connectivity index (χ3n) is 9.68. The number of rotatable bonds is 8. The van der Waals surface area contributed by atoms with Crippen LogP contribution in [0.4, 0.5) is 0 Å². The molecule has 0 radical (unpaired) electrons. The van der Waals surface area contributed by atoms with Crippen molar-refractivity contribution >= 4 is 17.7 Å². The third-order valence-corrected chi connectivity index (χ3v) is 9.68. The number of aliphatic hydroxyl groups excluding tert-OH is 1. The maximum atomic E-state index is 14.7. The van der Waals surface area contributed by atoms with Gasteiger partial charge in [0.25, 0.3) is 0 Å². The van der Waals surface area contributed by atoms with Crippen molar-refractivity contribution in [2.45, 2.75) is 83.3 Å². The number of nitrogens with zero attached hydrogens (tertiary/aromatic N) is 3. The standard InChI is InChI=1S/C32H43N3O5/c1-6-22(5)24(20-36)35-27-30(39)34(21(3)4)18-12-16-32(27)26(29(35)38)25-28(37)33(19-23-13-9-8-10-14-23)17-11-15-31(25,7-2)40-32/h8-16,21-22,24-27,36H,6-7,17-20H2,1-5H3/t22-,24-,25-,26-,27?,31+,32-/m0/s1. The molecule has 0 aliphatic carbocycles. The van der Waals surface area contributed by atoms with E-state index in [-0.39, 0.29) is 36.3 Å². The molecule has 0 bridgehead atoms. The lowest BCUT2D eigenvalue weighted by Gasteiger charge is -2.42. The molecule has 4 aliphatic rings. The summed E-state index contributed by atoms with van der Waals surface area (Å²) in [5, 5.41) is 10.6. The Morgan fingerprint density at radius 3 is 2.27 bits per heavy atom. The highest BCUT2D eigenvalue weighted by Gasteiger charge is 2.76. The molecule has 1 aromatic rings. The van der Waals surface area contributed by atoms with E-state index in [9.17, 15) is 19.5 Å². The molecule has 216 valence electrons. The molecule has 5 rings (SSSR count). The van der Waals surface area contributed by atoms with Crippen LogP contribution in [-0.4, -0.2) is 86.6 Å². The summed E-state index contributed by atoms with van der Waals surface area (Å²) in [6.07, 6.45) is 8.96. The quantitative estimate of drug-likeness (QED) is 0.503. The van der Waals surface area contributed by atoms with Crippen molar-refractivity contribution in [1.82, 2.24) is 14.7 Å². The van der Waals surface area contributed by atoms with Crippen molar-refractivity contribution in [3.8, 4) is 0 Å². The summed E-state index contributed by atoms with van der Waals surface area (Å²) in [4.78, 5) is 48.7. The second-order valence-corrected chi connectivity index (χ2v) is 12.1. The van der Waals surface area contributed by atoms with E-state index < -0.39 is 35.1 Å². The van der Waals surface area contributed by atoms with Gasteiger partial charge in [0.2, 0.25) is 17.7 Å². The number of hydrogen-bond acceptors (Lipinski definition) is 5. The van der Waals surface area contributed by atoms with Crippen LogP contribution in [-0.2, 0) is 25.7 Å². The monoisotopic (exact) mass is 549 g/mol. The minimum absolute atomic E-state index is 0.0485. The van der Waals surface area contributed by atoms with Crippen molar-refractivity contribution < 1.29 is 24.2 Å². The van der Waals surface area contributed by atoms with Crippen molar-refractivity contribution in [1.29, 1.82) is 0 Å². The summed E-state index contributed by atoms with van der Waals surface area (Å²) >= 11 is 0. The smallest absolute Gasteiger partial charge is 0.249 e. The van der Waals surface area contributed by atoms with Gasteiger partial charge in [0.1, 0.15) is 11.6 Å². The van der Waals surface area contributed by atoms with E-state index in [0.29, 0.717) is 26.1 Å². The van der Waals surface area contributed by atoms with Crippen molar-refractivity contribution in [3.05, 3.63) is 60.2 Å². The lowest BCUT2D eigenvalue weighted by Crippen LogP contribution is -2.60. The molecule has 1 aromatic carbocycles. The van der Waals surface area contributed by atoms with Crippen molar-refractivity contribution in [2.75, 3.05) is 19.7 Å². The Kier molecular flexibility index (Phi) is 7.70. The number of likely N-dealkylation sites (tertiary alicyclic amines) is 1. The Morgan fingerprint density at radius 2 is 1.65 bits per heavy atom. The predicted octanol–water partition coefficient (Wildman–Crippen LogP) is 3.16. The molecule has 4 aliphatic heterocycles. The van der Waals surface area contributed by atoms with E-state index in [4.69, 9.17) is 4.74 Å². The van der Waals surface area contributed by atoms with Crippen LogP contribution in [0, 0.1) is 17.8 Å². The predicted molar refractivity (Wildman–Crippen MR) is 152 cm³/mol. The maximum absolute atomic E-state index is 14.7. The van der Waals surface area contributed by atoms with Crippen LogP contribution in [0.25, 0.3) is 0 Å². The Hall–Kier alpha value is -2.97. The van der Waals surface area contributed by atoms with Gasteiger partial charge in [-0.3, -0.25) is 14.4 Å². The fraction of sp³-hybridized carbons (Fsp3) is 0.594. The first-order chi connectivity index (χ1) is 19.2. The topological polar surface area (TPSA) is 90.4 Å². The molecule has 7 atom stereocenters. The van der Waals surface area contributed by atoms with Gasteiger partial charge in [-0.15, -0.1) is 0 Å².